The van der Waals surface area contributed by atoms with E-state index in [1.807, 2.05) is 0 Å². The SMILES string of the molecule is c1ccc2cc3c(cc2c1)c1ccccc1n3-c1ccc2c(oc3c4ccccc4ccc23)c1-c1nc(-c2ccc3c(c2)sc2ccccc23)nc(-n2c3ccccc3c3ccccc32)n1. The van der Waals surface area contributed by atoms with Crippen molar-refractivity contribution in [2.75, 3.05) is 0 Å². The number of nitrogens with zero attached hydrogens (tertiary/aromatic N) is 5. The Morgan fingerprint density at radius 3 is 1.68 bits per heavy atom. The van der Waals surface area contributed by atoms with Crippen LogP contribution in [0.3, 0.4) is 0 Å². The number of fused-ring (bicyclic) bond motifs is 15. The molecule has 0 saturated heterocycles. The molecule has 5 aromatic heterocycles. The van der Waals surface area contributed by atoms with Crippen molar-refractivity contribution in [3.8, 4) is 34.4 Å². The summed E-state index contributed by atoms with van der Waals surface area (Å²) >= 11 is 1.79. The molecular weight excluding hydrogens is 827 g/mol. The minimum Gasteiger partial charge on any atom is -0.455 e. The predicted molar refractivity (Wildman–Crippen MR) is 275 cm³/mol. The molecule has 0 aliphatic rings. The van der Waals surface area contributed by atoms with Crippen LogP contribution in [0.25, 0.3) is 142 Å². The first-order valence-electron chi connectivity index (χ1n) is 22.2. The molecule has 0 aliphatic carbocycles. The van der Waals surface area contributed by atoms with Crippen LogP contribution < -0.4 is 0 Å². The molecule has 0 radical (unpaired) electrons. The third-order valence-corrected chi connectivity index (χ3v) is 14.7. The van der Waals surface area contributed by atoms with E-state index in [0.717, 1.165) is 82.4 Å². The fraction of sp³-hybridized carbons (Fsp3) is 0. The van der Waals surface area contributed by atoms with Crippen molar-refractivity contribution in [2.45, 2.75) is 0 Å². The van der Waals surface area contributed by atoms with Crippen LogP contribution in [0.4, 0.5) is 0 Å². The van der Waals surface area contributed by atoms with Crippen molar-refractivity contribution in [3.05, 3.63) is 200 Å². The lowest BCUT2D eigenvalue weighted by Gasteiger charge is -2.16. The minimum atomic E-state index is 0.518. The first kappa shape index (κ1) is 35.8. The smallest absolute Gasteiger partial charge is 0.238 e. The summed E-state index contributed by atoms with van der Waals surface area (Å²) in [7, 11) is 0. The van der Waals surface area contributed by atoms with Crippen LogP contribution in [-0.2, 0) is 0 Å². The van der Waals surface area contributed by atoms with Crippen LogP contribution in [0.15, 0.2) is 205 Å². The third-order valence-electron chi connectivity index (χ3n) is 13.6. The van der Waals surface area contributed by atoms with Crippen LogP contribution in [-0.4, -0.2) is 24.1 Å². The number of benzene rings is 10. The zero-order valence-corrected chi connectivity index (χ0v) is 35.9. The van der Waals surface area contributed by atoms with Gasteiger partial charge < -0.3 is 8.98 Å². The molecule has 0 aliphatic heterocycles. The average molecular weight is 860 g/mol. The van der Waals surface area contributed by atoms with Crippen LogP contribution in [0, 0.1) is 0 Å². The van der Waals surface area contributed by atoms with E-state index in [2.05, 4.69) is 209 Å². The maximum Gasteiger partial charge on any atom is 0.238 e. The molecular formula is C59H33N5OS. The quantitative estimate of drug-likeness (QED) is 0.177. The molecule has 0 bridgehead atoms. The summed E-state index contributed by atoms with van der Waals surface area (Å²) in [5, 5.41) is 13.6. The highest BCUT2D eigenvalue weighted by atomic mass is 32.1. The Morgan fingerprint density at radius 1 is 0.348 bits per heavy atom. The predicted octanol–water partition coefficient (Wildman–Crippen LogP) is 16.0. The molecule has 306 valence electrons. The number of hydrogen-bond donors (Lipinski definition) is 0. The Balaban J connectivity index is 1.11. The molecule has 0 atom stereocenters. The van der Waals surface area contributed by atoms with E-state index in [1.165, 1.54) is 41.7 Å². The molecule has 15 aromatic rings. The van der Waals surface area contributed by atoms with Gasteiger partial charge in [-0.1, -0.05) is 140 Å². The van der Waals surface area contributed by atoms with Crippen LogP contribution in [0.5, 0.6) is 0 Å². The maximum atomic E-state index is 7.27. The summed E-state index contributed by atoms with van der Waals surface area (Å²) in [6, 6.07) is 71.4. The van der Waals surface area contributed by atoms with Crippen molar-refractivity contribution in [1.29, 1.82) is 0 Å². The second-order valence-electron chi connectivity index (χ2n) is 17.1. The van der Waals surface area contributed by atoms with Gasteiger partial charge in [0.15, 0.2) is 11.6 Å². The molecule has 0 saturated carbocycles. The monoisotopic (exact) mass is 859 g/mol. The molecule has 10 aromatic carbocycles. The third kappa shape index (κ3) is 5.03. The normalized spacial score (nSPS) is 12.2. The molecule has 15 rings (SSSR count). The Bertz CT molecular complexity index is 4500. The van der Waals surface area contributed by atoms with Crippen molar-refractivity contribution in [3.63, 3.8) is 0 Å². The fourth-order valence-electron chi connectivity index (χ4n) is 10.6. The summed E-state index contributed by atoms with van der Waals surface area (Å²) in [4.78, 5) is 16.6. The number of hydrogen-bond acceptors (Lipinski definition) is 5. The van der Waals surface area contributed by atoms with Gasteiger partial charge in [-0.2, -0.15) is 9.97 Å². The Hall–Kier alpha value is -8.65. The van der Waals surface area contributed by atoms with Gasteiger partial charge in [0.1, 0.15) is 11.2 Å². The Labute approximate surface area is 379 Å². The van der Waals surface area contributed by atoms with Crippen LogP contribution >= 0.6 is 11.3 Å². The number of aromatic nitrogens is 5. The lowest BCUT2D eigenvalue weighted by molar-refractivity contribution is 0.673. The highest BCUT2D eigenvalue weighted by molar-refractivity contribution is 7.25. The van der Waals surface area contributed by atoms with E-state index >= 15 is 0 Å². The van der Waals surface area contributed by atoms with Crippen molar-refractivity contribution in [2.24, 2.45) is 0 Å². The first-order chi connectivity index (χ1) is 32.7. The number of thiophene rings is 1. The molecule has 0 fully saturated rings. The molecule has 5 heterocycles. The van der Waals surface area contributed by atoms with E-state index in [4.69, 9.17) is 19.4 Å². The zero-order valence-electron chi connectivity index (χ0n) is 35.1. The highest BCUT2D eigenvalue weighted by Crippen LogP contribution is 2.45. The van der Waals surface area contributed by atoms with E-state index in [-0.39, 0.29) is 0 Å². The molecule has 0 spiro atoms. The van der Waals surface area contributed by atoms with Gasteiger partial charge in [0.05, 0.1) is 33.3 Å². The molecule has 7 heteroatoms. The highest BCUT2D eigenvalue weighted by Gasteiger charge is 2.26. The van der Waals surface area contributed by atoms with E-state index in [9.17, 15) is 0 Å². The maximum absolute atomic E-state index is 7.27. The van der Waals surface area contributed by atoms with Gasteiger partial charge in [0, 0.05) is 63.4 Å². The van der Waals surface area contributed by atoms with Gasteiger partial charge in [-0.05, 0) is 76.8 Å². The van der Waals surface area contributed by atoms with Gasteiger partial charge >= 0.3 is 0 Å². The van der Waals surface area contributed by atoms with Crippen molar-refractivity contribution >= 4 is 119 Å². The molecule has 0 unspecified atom stereocenters. The van der Waals surface area contributed by atoms with Crippen LogP contribution in [0.2, 0.25) is 0 Å². The van der Waals surface area contributed by atoms with Gasteiger partial charge in [0.2, 0.25) is 5.95 Å². The lowest BCUT2D eigenvalue weighted by Crippen LogP contribution is -2.08. The first-order valence-corrected chi connectivity index (χ1v) is 23.0. The number of furan rings is 1. The van der Waals surface area contributed by atoms with Crippen molar-refractivity contribution < 1.29 is 4.42 Å². The lowest BCUT2D eigenvalue weighted by atomic mass is 10.0. The van der Waals surface area contributed by atoms with Crippen molar-refractivity contribution in [1.82, 2.24) is 24.1 Å². The Kier molecular flexibility index (Phi) is 7.28. The summed E-state index contributed by atoms with van der Waals surface area (Å²) in [5.41, 5.74) is 8.37. The van der Waals surface area contributed by atoms with E-state index in [0.29, 0.717) is 17.6 Å². The second-order valence-corrected chi connectivity index (χ2v) is 18.2. The minimum absolute atomic E-state index is 0.518. The van der Waals surface area contributed by atoms with E-state index < -0.39 is 0 Å². The van der Waals surface area contributed by atoms with Gasteiger partial charge in [-0.3, -0.25) is 4.57 Å². The van der Waals surface area contributed by atoms with Gasteiger partial charge in [-0.25, -0.2) is 4.98 Å². The largest absolute Gasteiger partial charge is 0.455 e. The molecule has 0 N–H and O–H groups in total. The van der Waals surface area contributed by atoms with E-state index in [1.54, 1.807) is 11.3 Å². The van der Waals surface area contributed by atoms with Crippen LogP contribution in [0.1, 0.15) is 0 Å². The topological polar surface area (TPSA) is 61.7 Å². The molecule has 6 nitrogen and oxygen atoms in total. The Morgan fingerprint density at radius 2 is 0.909 bits per heavy atom. The summed E-state index contributed by atoms with van der Waals surface area (Å²) in [6.45, 7) is 0. The zero-order chi connectivity index (χ0) is 43.0. The fourth-order valence-corrected chi connectivity index (χ4v) is 11.7. The second kappa shape index (κ2) is 13.4. The van der Waals surface area contributed by atoms with Gasteiger partial charge in [0.25, 0.3) is 0 Å². The standard InChI is InChI=1S/C59H33N5OS/c1-2-15-36-32-51-46(31-35(36)14-1)41-19-7-9-21-47(41)63(51)50-30-29-45-44-28-25-34-13-3-4-16-38(34)55(44)65-56(45)54(50)58-60-57(37-26-27-43-42-20-8-12-24-52(42)66-53(43)33-37)61-59(62-58)64-48-22-10-5-17-39(48)40-18-6-11-23-49(40)64/h1-33H. The molecule has 0 amide bonds. The average Bonchev–Trinajstić information content (AvgIpc) is 4.13. The molecule has 66 heavy (non-hydrogen) atoms. The number of para-hydroxylation sites is 3. The number of rotatable bonds is 4. The summed E-state index contributed by atoms with van der Waals surface area (Å²) in [5.74, 6) is 1.62. The summed E-state index contributed by atoms with van der Waals surface area (Å²) < 4.78 is 14.3. The van der Waals surface area contributed by atoms with Gasteiger partial charge in [-0.15, -0.1) is 11.3 Å². The summed E-state index contributed by atoms with van der Waals surface area (Å²) in [6.07, 6.45) is 0.